The van der Waals surface area contributed by atoms with Crippen molar-refractivity contribution in [3.05, 3.63) is 27.8 Å². The molecule has 0 unspecified atom stereocenters. The Morgan fingerprint density at radius 3 is 2.62 bits per heavy atom. The van der Waals surface area contributed by atoms with Gasteiger partial charge < -0.3 is 15.4 Å². The Kier molecular flexibility index (Phi) is 8.98. The molecule has 1 amide bonds. The molecule has 0 atom stereocenters. The van der Waals surface area contributed by atoms with Crippen molar-refractivity contribution in [2.24, 2.45) is 0 Å². The molecule has 1 aromatic rings. The molecule has 1 aliphatic heterocycles. The van der Waals surface area contributed by atoms with E-state index in [1.165, 1.54) is 0 Å². The highest BCUT2D eigenvalue weighted by Gasteiger charge is 2.09. The van der Waals surface area contributed by atoms with Gasteiger partial charge in [-0.15, -0.1) is 12.4 Å². The van der Waals surface area contributed by atoms with Gasteiger partial charge in [0.05, 0.1) is 0 Å². The summed E-state index contributed by atoms with van der Waals surface area (Å²) < 4.78 is 6.57. The van der Waals surface area contributed by atoms with Crippen LogP contribution in [0.25, 0.3) is 0 Å². The average molecular weight is 426 g/mol. The first-order valence-electron chi connectivity index (χ1n) is 6.82. The van der Waals surface area contributed by atoms with Crippen molar-refractivity contribution in [1.82, 2.24) is 15.5 Å². The summed E-state index contributed by atoms with van der Waals surface area (Å²) in [6, 6.07) is 7.65. The fraction of sp³-hybridized carbons (Fsp3) is 0.500. The lowest BCUT2D eigenvalue weighted by Gasteiger charge is -2.27. The molecule has 0 saturated carbocycles. The zero-order valence-electron chi connectivity index (χ0n) is 11.8. The molecule has 1 aromatic carbocycles. The molecule has 0 aromatic heterocycles. The van der Waals surface area contributed by atoms with E-state index in [-0.39, 0.29) is 24.9 Å². The Morgan fingerprint density at radius 2 is 1.95 bits per heavy atom. The van der Waals surface area contributed by atoms with Crippen LogP contribution in [-0.2, 0) is 4.79 Å². The quantitative estimate of drug-likeness (QED) is 0.671. The summed E-state index contributed by atoms with van der Waals surface area (Å²) in [5, 5.41) is 6.19. The van der Waals surface area contributed by atoms with Crippen LogP contribution < -0.4 is 15.4 Å². The van der Waals surface area contributed by atoms with Gasteiger partial charge in [-0.25, -0.2) is 0 Å². The van der Waals surface area contributed by atoms with Crippen molar-refractivity contribution in [3.63, 3.8) is 0 Å². The van der Waals surface area contributed by atoms with Gasteiger partial charge in [0.25, 0.3) is 5.91 Å². The summed E-state index contributed by atoms with van der Waals surface area (Å²) in [6.07, 6.45) is 0. The first kappa shape index (κ1) is 18.5. The molecule has 1 saturated heterocycles. The van der Waals surface area contributed by atoms with Crippen LogP contribution in [0.4, 0.5) is 0 Å². The lowest BCUT2D eigenvalue weighted by molar-refractivity contribution is -0.123. The summed E-state index contributed by atoms with van der Waals surface area (Å²) >= 11 is 2.23. The van der Waals surface area contributed by atoms with Crippen molar-refractivity contribution >= 4 is 40.9 Å². The van der Waals surface area contributed by atoms with Crippen LogP contribution in [0.1, 0.15) is 0 Å². The second kappa shape index (κ2) is 10.2. The van der Waals surface area contributed by atoms with Gasteiger partial charge in [0, 0.05) is 42.8 Å². The van der Waals surface area contributed by atoms with Crippen LogP contribution in [0.15, 0.2) is 24.3 Å². The molecule has 0 aliphatic carbocycles. The minimum atomic E-state index is -0.0707. The van der Waals surface area contributed by atoms with Gasteiger partial charge in [-0.05, 0) is 46.9 Å². The normalized spacial score (nSPS) is 15.1. The van der Waals surface area contributed by atoms with Crippen LogP contribution in [0.5, 0.6) is 5.75 Å². The van der Waals surface area contributed by atoms with Gasteiger partial charge in [0.2, 0.25) is 0 Å². The lowest BCUT2D eigenvalue weighted by Crippen LogP contribution is -2.46. The van der Waals surface area contributed by atoms with Crippen LogP contribution in [0, 0.1) is 3.57 Å². The second-order valence-electron chi connectivity index (χ2n) is 4.68. The highest BCUT2D eigenvalue weighted by Crippen LogP contribution is 2.13. The highest BCUT2D eigenvalue weighted by molar-refractivity contribution is 14.1. The predicted molar refractivity (Wildman–Crippen MR) is 94.2 cm³/mol. The summed E-state index contributed by atoms with van der Waals surface area (Å²) in [6.45, 7) is 5.81. The first-order chi connectivity index (χ1) is 9.74. The number of carbonyl (C=O) groups excluding carboxylic acids is 1. The number of ether oxygens (including phenoxy) is 1. The van der Waals surface area contributed by atoms with E-state index in [1.54, 1.807) is 0 Å². The molecular formula is C14H21ClIN3O2. The van der Waals surface area contributed by atoms with E-state index >= 15 is 0 Å². The molecule has 1 fully saturated rings. The van der Waals surface area contributed by atoms with E-state index in [0.717, 1.165) is 42.0 Å². The number of halogens is 2. The minimum Gasteiger partial charge on any atom is -0.484 e. The van der Waals surface area contributed by atoms with E-state index in [0.29, 0.717) is 6.54 Å². The number of amides is 1. The third-order valence-electron chi connectivity index (χ3n) is 3.14. The Labute approximate surface area is 145 Å². The lowest BCUT2D eigenvalue weighted by atomic mass is 10.3. The molecule has 0 spiro atoms. The fourth-order valence-corrected chi connectivity index (χ4v) is 2.38. The SMILES string of the molecule is Cl.O=C(COc1ccc(I)cc1)NCCN1CCNCC1. The van der Waals surface area contributed by atoms with Gasteiger partial charge in [-0.2, -0.15) is 0 Å². The van der Waals surface area contributed by atoms with Crippen molar-refractivity contribution in [3.8, 4) is 5.75 Å². The third-order valence-corrected chi connectivity index (χ3v) is 3.86. The average Bonchev–Trinajstić information content (AvgIpc) is 2.48. The number of benzene rings is 1. The van der Waals surface area contributed by atoms with Gasteiger partial charge in [0.15, 0.2) is 6.61 Å². The summed E-state index contributed by atoms with van der Waals surface area (Å²) in [5.74, 6) is 0.654. The maximum Gasteiger partial charge on any atom is 0.257 e. The predicted octanol–water partition coefficient (Wildman–Crippen LogP) is 1.11. The van der Waals surface area contributed by atoms with Crippen LogP contribution in [0.3, 0.4) is 0 Å². The van der Waals surface area contributed by atoms with E-state index in [4.69, 9.17) is 4.74 Å². The van der Waals surface area contributed by atoms with E-state index < -0.39 is 0 Å². The van der Waals surface area contributed by atoms with Crippen molar-refractivity contribution in [2.75, 3.05) is 45.9 Å². The van der Waals surface area contributed by atoms with E-state index in [1.807, 2.05) is 24.3 Å². The number of nitrogens with one attached hydrogen (secondary N) is 2. The Morgan fingerprint density at radius 1 is 1.29 bits per heavy atom. The van der Waals surface area contributed by atoms with Crippen molar-refractivity contribution in [1.29, 1.82) is 0 Å². The van der Waals surface area contributed by atoms with Gasteiger partial charge >= 0.3 is 0 Å². The maximum atomic E-state index is 11.7. The minimum absolute atomic E-state index is 0. The van der Waals surface area contributed by atoms with Gasteiger partial charge in [-0.3, -0.25) is 9.69 Å². The number of piperazine rings is 1. The molecule has 7 heteroatoms. The number of carbonyl (C=O) groups is 1. The van der Waals surface area contributed by atoms with Crippen LogP contribution in [0.2, 0.25) is 0 Å². The van der Waals surface area contributed by atoms with Gasteiger partial charge in [-0.1, -0.05) is 0 Å². The van der Waals surface area contributed by atoms with Gasteiger partial charge in [0.1, 0.15) is 5.75 Å². The Hall–Kier alpha value is -0.570. The topological polar surface area (TPSA) is 53.6 Å². The second-order valence-corrected chi connectivity index (χ2v) is 5.93. The molecule has 0 radical (unpaired) electrons. The molecule has 118 valence electrons. The third kappa shape index (κ3) is 7.30. The Bertz CT molecular complexity index is 425. The van der Waals surface area contributed by atoms with Crippen molar-refractivity contribution in [2.45, 2.75) is 0 Å². The number of hydrogen-bond acceptors (Lipinski definition) is 4. The zero-order chi connectivity index (χ0) is 14.2. The van der Waals surface area contributed by atoms with E-state index in [2.05, 4.69) is 38.1 Å². The smallest absolute Gasteiger partial charge is 0.257 e. The molecular weight excluding hydrogens is 405 g/mol. The summed E-state index contributed by atoms with van der Waals surface area (Å²) in [5.41, 5.74) is 0. The standard InChI is InChI=1S/C14H20IN3O2.ClH/c15-12-1-3-13(4-2-12)20-11-14(19)17-7-10-18-8-5-16-6-9-18;/h1-4,16H,5-11H2,(H,17,19);1H. The molecule has 1 aliphatic rings. The maximum absolute atomic E-state index is 11.7. The zero-order valence-corrected chi connectivity index (χ0v) is 14.8. The first-order valence-corrected chi connectivity index (χ1v) is 7.90. The summed E-state index contributed by atoms with van der Waals surface area (Å²) in [7, 11) is 0. The molecule has 0 bridgehead atoms. The number of nitrogens with zero attached hydrogens (tertiary/aromatic N) is 1. The molecule has 1 heterocycles. The fourth-order valence-electron chi connectivity index (χ4n) is 2.02. The molecule has 5 nitrogen and oxygen atoms in total. The molecule has 2 N–H and O–H groups in total. The van der Waals surface area contributed by atoms with Crippen LogP contribution >= 0.6 is 35.0 Å². The highest BCUT2D eigenvalue weighted by atomic mass is 127. The number of hydrogen-bond donors (Lipinski definition) is 2. The largest absolute Gasteiger partial charge is 0.484 e. The van der Waals surface area contributed by atoms with Crippen molar-refractivity contribution < 1.29 is 9.53 Å². The van der Waals surface area contributed by atoms with Crippen LogP contribution in [-0.4, -0.2) is 56.7 Å². The van der Waals surface area contributed by atoms with E-state index in [9.17, 15) is 4.79 Å². The summed E-state index contributed by atoms with van der Waals surface area (Å²) in [4.78, 5) is 14.0. The molecule has 2 rings (SSSR count). The number of rotatable bonds is 6. The monoisotopic (exact) mass is 425 g/mol. The molecule has 21 heavy (non-hydrogen) atoms. The Balaban J connectivity index is 0.00000220.